The van der Waals surface area contributed by atoms with Crippen LogP contribution in [0.5, 0.6) is 0 Å². The first kappa shape index (κ1) is 20.4. The number of carbonyl (C=O) groups is 1. The van der Waals surface area contributed by atoms with Crippen LogP contribution in [0.2, 0.25) is 5.02 Å². The fourth-order valence-corrected chi connectivity index (χ4v) is 4.21. The maximum atomic E-state index is 13.2. The molecule has 0 unspecified atom stereocenters. The summed E-state index contributed by atoms with van der Waals surface area (Å²) in [6.07, 6.45) is 3.64. The minimum Gasteiger partial charge on any atom is -0.467 e. The highest BCUT2D eigenvalue weighted by atomic mass is 35.5. The van der Waals surface area contributed by atoms with Crippen molar-refractivity contribution in [3.8, 4) is 0 Å². The molecular formula is C22H17ClFN3O2S. The molecule has 0 N–H and O–H groups in total. The van der Waals surface area contributed by atoms with Gasteiger partial charge in [0.1, 0.15) is 11.6 Å². The molecule has 5 nitrogen and oxygen atoms in total. The number of hydrogen-bond acceptors (Lipinski definition) is 5. The number of benzene rings is 2. The summed E-state index contributed by atoms with van der Waals surface area (Å²) in [5.74, 6) is 0.268. The monoisotopic (exact) mass is 441 g/mol. The second kappa shape index (κ2) is 9.28. The van der Waals surface area contributed by atoms with E-state index in [-0.39, 0.29) is 23.5 Å². The lowest BCUT2D eigenvalue weighted by Gasteiger charge is -2.14. The minimum absolute atomic E-state index is 0.0823. The van der Waals surface area contributed by atoms with Crippen LogP contribution in [0.1, 0.15) is 16.9 Å². The third kappa shape index (κ3) is 4.98. The number of halogens is 2. The highest BCUT2D eigenvalue weighted by Crippen LogP contribution is 2.31. The molecular weight excluding hydrogens is 425 g/mol. The molecule has 2 aromatic carbocycles. The predicted molar refractivity (Wildman–Crippen MR) is 117 cm³/mol. The van der Waals surface area contributed by atoms with Crippen molar-refractivity contribution in [3.63, 3.8) is 0 Å². The van der Waals surface area contributed by atoms with Crippen molar-refractivity contribution in [3.05, 3.63) is 94.7 Å². The second-order valence-electron chi connectivity index (χ2n) is 6.62. The Morgan fingerprint density at radius 2 is 1.90 bits per heavy atom. The number of nitrogens with zero attached hydrogens (tertiary/aromatic N) is 3. The van der Waals surface area contributed by atoms with E-state index >= 15 is 0 Å². The molecule has 1 fully saturated rings. The molecule has 1 aromatic heterocycles. The van der Waals surface area contributed by atoms with Crippen LogP contribution in [0.4, 0.5) is 4.39 Å². The molecule has 2 heterocycles. The van der Waals surface area contributed by atoms with Crippen molar-refractivity contribution >= 4 is 40.7 Å². The van der Waals surface area contributed by atoms with Gasteiger partial charge in [-0.15, -0.1) is 5.10 Å². The van der Waals surface area contributed by atoms with Crippen molar-refractivity contribution in [2.45, 2.75) is 18.2 Å². The highest BCUT2D eigenvalue weighted by Gasteiger charge is 2.38. The van der Waals surface area contributed by atoms with E-state index in [2.05, 4.69) is 10.2 Å². The van der Waals surface area contributed by atoms with E-state index in [1.54, 1.807) is 53.8 Å². The van der Waals surface area contributed by atoms with Crippen LogP contribution in [0.25, 0.3) is 0 Å². The van der Waals surface area contributed by atoms with E-state index in [0.29, 0.717) is 22.4 Å². The summed E-state index contributed by atoms with van der Waals surface area (Å²) in [7, 11) is 0. The molecule has 1 aliphatic heterocycles. The van der Waals surface area contributed by atoms with Crippen LogP contribution < -0.4 is 0 Å². The fourth-order valence-electron chi connectivity index (χ4n) is 2.95. The molecule has 3 aromatic rings. The number of thioether (sulfide) groups is 1. The molecule has 4 rings (SSSR count). The zero-order valence-electron chi connectivity index (χ0n) is 15.7. The van der Waals surface area contributed by atoms with Gasteiger partial charge in [-0.1, -0.05) is 47.6 Å². The van der Waals surface area contributed by atoms with Crippen LogP contribution in [0.3, 0.4) is 0 Å². The topological polar surface area (TPSA) is 58.2 Å². The molecule has 1 atom stereocenters. The summed E-state index contributed by atoms with van der Waals surface area (Å²) in [4.78, 5) is 14.6. The van der Waals surface area contributed by atoms with Gasteiger partial charge in [-0.25, -0.2) is 4.39 Å². The van der Waals surface area contributed by atoms with Gasteiger partial charge in [0, 0.05) is 5.02 Å². The largest absolute Gasteiger partial charge is 0.467 e. The number of furan rings is 1. The van der Waals surface area contributed by atoms with Crippen molar-refractivity contribution in [2.24, 2.45) is 10.2 Å². The normalized spacial score (nSPS) is 18.1. The molecule has 30 heavy (non-hydrogen) atoms. The Hall–Kier alpha value is -2.90. The number of amides is 1. The summed E-state index contributed by atoms with van der Waals surface area (Å²) in [6, 6.07) is 16.9. The molecule has 8 heteroatoms. The molecule has 0 saturated carbocycles. The second-order valence-corrected chi connectivity index (χ2v) is 8.23. The number of hydrogen-bond donors (Lipinski definition) is 0. The molecule has 1 saturated heterocycles. The number of rotatable bonds is 6. The summed E-state index contributed by atoms with van der Waals surface area (Å²) in [6.45, 7) is 0.272. The lowest BCUT2D eigenvalue weighted by molar-refractivity contribution is -0.126. The molecule has 0 spiro atoms. The Bertz CT molecular complexity index is 1070. The van der Waals surface area contributed by atoms with Crippen molar-refractivity contribution in [1.82, 2.24) is 4.90 Å². The van der Waals surface area contributed by atoms with Gasteiger partial charge in [0.05, 0.1) is 24.3 Å². The quantitative estimate of drug-likeness (QED) is 0.392. The van der Waals surface area contributed by atoms with E-state index in [0.717, 1.165) is 11.1 Å². The molecule has 0 bridgehead atoms. The summed E-state index contributed by atoms with van der Waals surface area (Å²) < 4.78 is 18.6. The average Bonchev–Trinajstić information content (AvgIpc) is 3.35. The Morgan fingerprint density at radius 1 is 1.13 bits per heavy atom. The van der Waals surface area contributed by atoms with Gasteiger partial charge < -0.3 is 4.42 Å². The van der Waals surface area contributed by atoms with Crippen LogP contribution in [0, 0.1) is 5.82 Å². The Kier molecular flexibility index (Phi) is 6.30. The standard InChI is InChI=1S/C22H17ClFN3O2S/c23-17-7-3-16(4-8-17)13-25-26-22-27(14-19-2-1-11-29-19)21(28)20(30-22)12-15-5-9-18(24)10-6-15/h1-11,13,20H,12,14H2/b25-13-,26-22-/t20-/m1/s1. The van der Waals surface area contributed by atoms with Crippen molar-refractivity contribution in [2.75, 3.05) is 0 Å². The molecule has 1 aliphatic rings. The maximum absolute atomic E-state index is 13.2. The summed E-state index contributed by atoms with van der Waals surface area (Å²) in [5, 5.41) is 9.19. The summed E-state index contributed by atoms with van der Waals surface area (Å²) in [5.41, 5.74) is 1.73. The molecule has 0 aliphatic carbocycles. The van der Waals surface area contributed by atoms with E-state index in [4.69, 9.17) is 16.0 Å². The van der Waals surface area contributed by atoms with Gasteiger partial charge in [0.2, 0.25) is 5.91 Å². The van der Waals surface area contributed by atoms with E-state index in [1.165, 1.54) is 23.9 Å². The molecule has 1 amide bonds. The molecule has 0 radical (unpaired) electrons. The van der Waals surface area contributed by atoms with Crippen molar-refractivity contribution in [1.29, 1.82) is 0 Å². The fraction of sp³-hybridized carbons (Fsp3) is 0.136. The zero-order valence-corrected chi connectivity index (χ0v) is 17.3. The Balaban J connectivity index is 1.54. The SMILES string of the molecule is O=C1[C@@H](Cc2ccc(F)cc2)S/C(=N\N=C/c2ccc(Cl)cc2)N1Cc1ccco1. The zero-order chi connectivity index (χ0) is 20.9. The van der Waals surface area contributed by atoms with Crippen molar-refractivity contribution < 1.29 is 13.6 Å². The van der Waals surface area contributed by atoms with Gasteiger partial charge in [0.15, 0.2) is 5.17 Å². The van der Waals surface area contributed by atoms with Gasteiger partial charge in [-0.2, -0.15) is 5.10 Å². The first-order valence-electron chi connectivity index (χ1n) is 9.20. The van der Waals surface area contributed by atoms with Gasteiger partial charge in [-0.05, 0) is 53.9 Å². The van der Waals surface area contributed by atoms with Gasteiger partial charge in [-0.3, -0.25) is 9.69 Å². The van der Waals surface area contributed by atoms with Crippen LogP contribution in [-0.2, 0) is 17.8 Å². The number of amidine groups is 1. The van der Waals surface area contributed by atoms with E-state index in [9.17, 15) is 9.18 Å². The highest BCUT2D eigenvalue weighted by molar-refractivity contribution is 8.15. The predicted octanol–water partition coefficient (Wildman–Crippen LogP) is 5.15. The minimum atomic E-state index is -0.366. The maximum Gasteiger partial charge on any atom is 0.242 e. The smallest absolute Gasteiger partial charge is 0.242 e. The van der Waals surface area contributed by atoms with Gasteiger partial charge in [0.25, 0.3) is 0 Å². The average molecular weight is 442 g/mol. The third-order valence-corrected chi connectivity index (χ3v) is 5.89. The van der Waals surface area contributed by atoms with E-state index in [1.807, 2.05) is 12.1 Å². The Morgan fingerprint density at radius 3 is 2.60 bits per heavy atom. The lowest BCUT2D eigenvalue weighted by atomic mass is 10.1. The van der Waals surface area contributed by atoms with Crippen LogP contribution in [-0.4, -0.2) is 27.4 Å². The third-order valence-electron chi connectivity index (χ3n) is 4.47. The first-order valence-corrected chi connectivity index (χ1v) is 10.5. The lowest BCUT2D eigenvalue weighted by Crippen LogP contribution is -2.32. The number of carbonyl (C=O) groups excluding carboxylic acids is 1. The molecule has 152 valence electrons. The van der Waals surface area contributed by atoms with Crippen LogP contribution in [0.15, 0.2) is 81.5 Å². The first-order chi connectivity index (χ1) is 14.6. The van der Waals surface area contributed by atoms with E-state index < -0.39 is 0 Å². The van der Waals surface area contributed by atoms with Crippen LogP contribution >= 0.6 is 23.4 Å². The van der Waals surface area contributed by atoms with Gasteiger partial charge >= 0.3 is 0 Å². The Labute approximate surface area is 182 Å². The summed E-state index contributed by atoms with van der Waals surface area (Å²) >= 11 is 7.24.